The summed E-state index contributed by atoms with van der Waals surface area (Å²) in [6.45, 7) is 0. The molecule has 1 heterocycles. The first-order chi connectivity index (χ1) is 7.25. The number of nitrogens with zero attached hydrogens (tertiary/aromatic N) is 1. The Labute approximate surface area is 98.9 Å². The Morgan fingerprint density at radius 2 is 2.07 bits per heavy atom. The van der Waals surface area contributed by atoms with Crippen LogP contribution in [0.1, 0.15) is 10.5 Å². The lowest BCUT2D eigenvalue weighted by atomic mass is 10.3. The van der Waals surface area contributed by atoms with E-state index in [4.69, 9.17) is 4.74 Å². The lowest BCUT2D eigenvalue weighted by Crippen LogP contribution is -2.08. The fourth-order valence-corrected chi connectivity index (χ4v) is 1.76. The molecule has 0 spiro atoms. The molecule has 0 amide bonds. The predicted octanol–water partition coefficient (Wildman–Crippen LogP) is 3.12. The molecule has 5 heteroatoms. The van der Waals surface area contributed by atoms with Gasteiger partial charge in [0.05, 0.1) is 5.51 Å². The van der Waals surface area contributed by atoms with Crippen molar-refractivity contribution in [3.8, 4) is 5.75 Å². The van der Waals surface area contributed by atoms with Crippen LogP contribution < -0.4 is 4.74 Å². The van der Waals surface area contributed by atoms with Gasteiger partial charge < -0.3 is 4.74 Å². The van der Waals surface area contributed by atoms with Gasteiger partial charge in [0.25, 0.3) is 0 Å². The van der Waals surface area contributed by atoms with Crippen LogP contribution in [0, 0.1) is 0 Å². The fourth-order valence-electron chi connectivity index (χ4n) is 0.975. The van der Waals surface area contributed by atoms with Gasteiger partial charge in [-0.2, -0.15) is 0 Å². The van der Waals surface area contributed by atoms with Gasteiger partial charge in [0, 0.05) is 9.85 Å². The Hall–Kier alpha value is -1.20. The number of thiazole rings is 1. The van der Waals surface area contributed by atoms with E-state index in [1.807, 2.05) is 12.1 Å². The predicted molar refractivity (Wildman–Crippen MR) is 61.2 cm³/mol. The summed E-state index contributed by atoms with van der Waals surface area (Å²) in [5.41, 5.74) is 1.93. The summed E-state index contributed by atoms with van der Waals surface area (Å²) in [6.07, 6.45) is 0. The minimum absolute atomic E-state index is 0.336. The zero-order valence-corrected chi connectivity index (χ0v) is 9.92. The fraction of sp³-hybridized carbons (Fsp3) is 0. The smallest absolute Gasteiger partial charge is 0.363 e. The molecule has 0 radical (unpaired) electrons. The standard InChI is InChI=1S/C10H6BrNO2S/c11-7-1-3-8(4-2-7)14-10(13)9-5-15-6-12-9/h1-6H. The van der Waals surface area contributed by atoms with Crippen molar-refractivity contribution in [3.05, 3.63) is 45.3 Å². The molecule has 3 nitrogen and oxygen atoms in total. The second kappa shape index (κ2) is 4.55. The molecule has 1 aromatic carbocycles. The highest BCUT2D eigenvalue weighted by atomic mass is 79.9. The number of halogens is 1. The van der Waals surface area contributed by atoms with Crippen molar-refractivity contribution in [3.63, 3.8) is 0 Å². The summed E-state index contributed by atoms with van der Waals surface area (Å²) < 4.78 is 6.04. The van der Waals surface area contributed by atoms with Crippen LogP contribution in [-0.4, -0.2) is 11.0 Å². The lowest BCUT2D eigenvalue weighted by Gasteiger charge is -2.01. The first-order valence-corrected chi connectivity index (χ1v) is 5.85. The van der Waals surface area contributed by atoms with Crippen LogP contribution in [0.5, 0.6) is 5.75 Å². The lowest BCUT2D eigenvalue weighted by molar-refractivity contribution is 0.0729. The van der Waals surface area contributed by atoms with Gasteiger partial charge >= 0.3 is 5.97 Å². The van der Waals surface area contributed by atoms with Crippen LogP contribution in [0.4, 0.5) is 0 Å². The van der Waals surface area contributed by atoms with Gasteiger partial charge in [-0.3, -0.25) is 0 Å². The van der Waals surface area contributed by atoms with Gasteiger partial charge in [0.1, 0.15) is 5.75 Å². The molecule has 0 N–H and O–H groups in total. The maximum absolute atomic E-state index is 11.5. The summed E-state index contributed by atoms with van der Waals surface area (Å²) in [7, 11) is 0. The summed E-state index contributed by atoms with van der Waals surface area (Å²) in [5.74, 6) is 0.0785. The molecular weight excluding hydrogens is 278 g/mol. The third-order valence-corrected chi connectivity index (χ3v) is 2.78. The Bertz CT molecular complexity index is 453. The number of benzene rings is 1. The van der Waals surface area contributed by atoms with Gasteiger partial charge in [-0.05, 0) is 24.3 Å². The zero-order valence-electron chi connectivity index (χ0n) is 7.51. The number of ether oxygens (including phenoxy) is 1. The Morgan fingerprint density at radius 3 is 2.67 bits per heavy atom. The molecule has 0 bridgehead atoms. The average molecular weight is 284 g/mol. The number of aromatic nitrogens is 1. The molecule has 0 unspecified atom stereocenters. The van der Waals surface area contributed by atoms with E-state index in [1.165, 1.54) is 11.3 Å². The summed E-state index contributed by atoms with van der Waals surface area (Å²) in [6, 6.07) is 7.05. The highest BCUT2D eigenvalue weighted by Gasteiger charge is 2.09. The van der Waals surface area contributed by atoms with E-state index in [1.54, 1.807) is 23.0 Å². The van der Waals surface area contributed by atoms with Gasteiger partial charge in [0.15, 0.2) is 5.69 Å². The van der Waals surface area contributed by atoms with Gasteiger partial charge in [0.2, 0.25) is 0 Å². The molecule has 0 saturated carbocycles. The number of carbonyl (C=O) groups is 1. The van der Waals surface area contributed by atoms with Crippen LogP contribution in [0.2, 0.25) is 0 Å². The van der Waals surface area contributed by atoms with Crippen molar-refractivity contribution < 1.29 is 9.53 Å². The second-order valence-corrected chi connectivity index (χ2v) is 4.35. The normalized spacial score (nSPS) is 9.93. The summed E-state index contributed by atoms with van der Waals surface area (Å²) >= 11 is 4.66. The largest absolute Gasteiger partial charge is 0.422 e. The highest BCUT2D eigenvalue weighted by molar-refractivity contribution is 9.10. The summed E-state index contributed by atoms with van der Waals surface area (Å²) in [5, 5.41) is 1.65. The monoisotopic (exact) mass is 283 g/mol. The van der Waals surface area contributed by atoms with E-state index in [-0.39, 0.29) is 0 Å². The van der Waals surface area contributed by atoms with E-state index < -0.39 is 5.97 Å². The molecule has 0 fully saturated rings. The topological polar surface area (TPSA) is 39.2 Å². The van der Waals surface area contributed by atoms with E-state index in [0.29, 0.717) is 11.4 Å². The van der Waals surface area contributed by atoms with Crippen LogP contribution in [0.3, 0.4) is 0 Å². The Kier molecular flexibility index (Phi) is 3.13. The third kappa shape index (κ3) is 2.64. The van der Waals surface area contributed by atoms with Crippen molar-refractivity contribution in [2.75, 3.05) is 0 Å². The molecule has 2 aromatic rings. The van der Waals surface area contributed by atoms with E-state index in [0.717, 1.165) is 4.47 Å². The molecule has 0 aliphatic heterocycles. The van der Waals surface area contributed by atoms with Crippen molar-refractivity contribution in [2.45, 2.75) is 0 Å². The van der Waals surface area contributed by atoms with Gasteiger partial charge in [-0.25, -0.2) is 9.78 Å². The molecule has 76 valence electrons. The first kappa shape index (κ1) is 10.3. The number of hydrogen-bond donors (Lipinski definition) is 0. The number of rotatable bonds is 2. The van der Waals surface area contributed by atoms with Crippen LogP contribution in [0.25, 0.3) is 0 Å². The quantitative estimate of drug-likeness (QED) is 0.628. The number of carbonyl (C=O) groups excluding carboxylic acids is 1. The highest BCUT2D eigenvalue weighted by Crippen LogP contribution is 2.17. The van der Waals surface area contributed by atoms with Crippen molar-refractivity contribution in [1.82, 2.24) is 4.98 Å². The van der Waals surface area contributed by atoms with E-state index in [2.05, 4.69) is 20.9 Å². The SMILES string of the molecule is O=C(Oc1ccc(Br)cc1)c1cscn1. The van der Waals surface area contributed by atoms with Crippen LogP contribution >= 0.6 is 27.3 Å². The molecule has 2 rings (SSSR count). The number of esters is 1. The molecule has 0 aliphatic carbocycles. The van der Waals surface area contributed by atoms with E-state index in [9.17, 15) is 4.79 Å². The molecule has 0 saturated heterocycles. The molecule has 0 aliphatic rings. The second-order valence-electron chi connectivity index (χ2n) is 2.72. The van der Waals surface area contributed by atoms with Crippen molar-refractivity contribution in [2.24, 2.45) is 0 Å². The molecule has 0 atom stereocenters. The van der Waals surface area contributed by atoms with Crippen molar-refractivity contribution >= 4 is 33.2 Å². The van der Waals surface area contributed by atoms with Gasteiger partial charge in [-0.15, -0.1) is 11.3 Å². The maximum atomic E-state index is 11.5. The van der Waals surface area contributed by atoms with Crippen LogP contribution in [-0.2, 0) is 0 Å². The first-order valence-electron chi connectivity index (χ1n) is 4.11. The zero-order chi connectivity index (χ0) is 10.7. The minimum Gasteiger partial charge on any atom is -0.422 e. The average Bonchev–Trinajstić information content (AvgIpc) is 2.74. The van der Waals surface area contributed by atoms with E-state index >= 15 is 0 Å². The third-order valence-electron chi connectivity index (χ3n) is 1.67. The molecule has 1 aromatic heterocycles. The maximum Gasteiger partial charge on any atom is 0.363 e. The number of hydrogen-bond acceptors (Lipinski definition) is 4. The van der Waals surface area contributed by atoms with Crippen LogP contribution in [0.15, 0.2) is 39.6 Å². The molecular formula is C10H6BrNO2S. The Morgan fingerprint density at radius 1 is 1.33 bits per heavy atom. The minimum atomic E-state index is -0.432. The van der Waals surface area contributed by atoms with Gasteiger partial charge in [-0.1, -0.05) is 15.9 Å². The Balaban J connectivity index is 2.09. The molecule has 15 heavy (non-hydrogen) atoms. The summed E-state index contributed by atoms with van der Waals surface area (Å²) in [4.78, 5) is 15.3. The van der Waals surface area contributed by atoms with Crippen molar-refractivity contribution in [1.29, 1.82) is 0 Å².